The molecule has 0 aromatic heterocycles. The van der Waals surface area contributed by atoms with Crippen molar-refractivity contribution in [3.63, 3.8) is 0 Å². The first-order valence-corrected chi connectivity index (χ1v) is 13.0. The molecule has 34 heavy (non-hydrogen) atoms. The summed E-state index contributed by atoms with van der Waals surface area (Å²) in [6, 6.07) is 15.2. The van der Waals surface area contributed by atoms with Crippen LogP contribution >= 0.6 is 0 Å². The number of nitrogens with zero attached hydrogens (tertiary/aromatic N) is 2. The number of carbonyl (C=O) groups is 1. The van der Waals surface area contributed by atoms with Crippen LogP contribution in [0.5, 0.6) is 5.75 Å². The van der Waals surface area contributed by atoms with E-state index in [1.165, 1.54) is 16.7 Å². The monoisotopic (exact) mass is 456 g/mol. The van der Waals surface area contributed by atoms with Crippen molar-refractivity contribution in [2.45, 2.75) is 64.6 Å². The molecule has 0 bridgehead atoms. The lowest BCUT2D eigenvalue weighted by molar-refractivity contribution is -0.142. The topological polar surface area (TPSA) is 32.8 Å². The van der Waals surface area contributed by atoms with E-state index in [1.54, 1.807) is 0 Å². The van der Waals surface area contributed by atoms with Gasteiger partial charge in [0, 0.05) is 17.4 Å². The summed E-state index contributed by atoms with van der Waals surface area (Å²) in [5.41, 5.74) is 5.11. The van der Waals surface area contributed by atoms with Crippen LogP contribution in [-0.4, -0.2) is 41.6 Å². The van der Waals surface area contributed by atoms with E-state index < -0.39 is 0 Å². The van der Waals surface area contributed by atoms with Crippen LogP contribution in [0.4, 0.5) is 0 Å². The van der Waals surface area contributed by atoms with Crippen LogP contribution in [0.1, 0.15) is 61.8 Å². The Labute approximate surface area is 203 Å². The molecule has 178 valence electrons. The summed E-state index contributed by atoms with van der Waals surface area (Å²) in [5.74, 6) is 1.53. The molecule has 4 heteroatoms. The molecule has 1 spiro atoms. The average molecular weight is 457 g/mol. The van der Waals surface area contributed by atoms with Crippen LogP contribution in [-0.2, 0) is 16.8 Å². The number of fused-ring (bicyclic) bond motifs is 4. The highest BCUT2D eigenvalue weighted by atomic mass is 16.5. The zero-order valence-electron chi connectivity index (χ0n) is 20.7. The number of hydrogen-bond donors (Lipinski definition) is 0. The summed E-state index contributed by atoms with van der Waals surface area (Å²) in [7, 11) is 0. The number of hydrogen-bond acceptors (Lipinski definition) is 3. The molecule has 1 aliphatic carbocycles. The maximum Gasteiger partial charge on any atom is 0.232 e. The van der Waals surface area contributed by atoms with Gasteiger partial charge in [0.05, 0.1) is 12.0 Å². The maximum atomic E-state index is 13.8. The molecule has 2 aromatic rings. The Bertz CT molecular complexity index is 1140. The Morgan fingerprint density at radius 3 is 2.71 bits per heavy atom. The molecule has 2 fully saturated rings. The van der Waals surface area contributed by atoms with Crippen molar-refractivity contribution in [3.8, 4) is 5.75 Å². The Balaban J connectivity index is 1.14. The van der Waals surface area contributed by atoms with Gasteiger partial charge in [0.25, 0.3) is 0 Å². The van der Waals surface area contributed by atoms with E-state index in [0.29, 0.717) is 18.4 Å². The number of allylic oxidation sites excluding steroid dienone is 1. The molecule has 3 aliphatic heterocycles. The van der Waals surface area contributed by atoms with E-state index in [-0.39, 0.29) is 17.1 Å². The first-order valence-electron chi connectivity index (χ1n) is 13.0. The Hall–Kier alpha value is -2.59. The second-order valence-electron chi connectivity index (χ2n) is 11.3. The van der Waals surface area contributed by atoms with Gasteiger partial charge in [-0.2, -0.15) is 0 Å². The molecular weight excluding hydrogens is 420 g/mol. The molecule has 2 aromatic carbocycles. The quantitative estimate of drug-likeness (QED) is 0.606. The van der Waals surface area contributed by atoms with Crippen LogP contribution in [0.3, 0.4) is 0 Å². The lowest BCUT2D eigenvalue weighted by Gasteiger charge is -2.41. The number of likely N-dealkylation sites (tertiary alicyclic amines) is 1. The van der Waals surface area contributed by atoms with Crippen molar-refractivity contribution in [2.24, 2.45) is 11.3 Å². The van der Waals surface area contributed by atoms with Crippen LogP contribution in [0.25, 0.3) is 6.08 Å². The summed E-state index contributed by atoms with van der Waals surface area (Å²) in [4.78, 5) is 18.4. The predicted molar refractivity (Wildman–Crippen MR) is 135 cm³/mol. The number of amides is 1. The summed E-state index contributed by atoms with van der Waals surface area (Å²) >= 11 is 0. The zero-order valence-corrected chi connectivity index (χ0v) is 20.7. The minimum Gasteiger partial charge on any atom is -0.470 e. The van der Waals surface area contributed by atoms with E-state index in [9.17, 15) is 4.79 Å². The van der Waals surface area contributed by atoms with Crippen molar-refractivity contribution >= 4 is 12.0 Å². The molecular formula is C30H36N2O2. The van der Waals surface area contributed by atoms with Crippen molar-refractivity contribution in [3.05, 3.63) is 70.8 Å². The minimum atomic E-state index is -0.337. The van der Waals surface area contributed by atoms with E-state index in [0.717, 1.165) is 56.6 Å². The standard InChI is InChI=1S/C30H36N2O2/c1-21(2)30(19-27-32(28(30)33)20-24-18-22(3)8-9-26(24)34-27)14-17-31-15-12-29(13-16-31)11-10-23-6-4-5-7-25(23)29/h4-11,18,21,27H,12-17,19-20H2,1-3H3. The number of carbonyl (C=O) groups excluding carboxylic acids is 1. The Kier molecular flexibility index (Phi) is 5.14. The van der Waals surface area contributed by atoms with Gasteiger partial charge in [0.2, 0.25) is 5.91 Å². The van der Waals surface area contributed by atoms with Gasteiger partial charge in [-0.05, 0) is 68.9 Å². The predicted octanol–water partition coefficient (Wildman–Crippen LogP) is 5.54. The Morgan fingerprint density at radius 1 is 1.12 bits per heavy atom. The highest BCUT2D eigenvalue weighted by Crippen LogP contribution is 2.49. The number of rotatable bonds is 4. The van der Waals surface area contributed by atoms with Crippen LogP contribution in [0.2, 0.25) is 0 Å². The highest BCUT2D eigenvalue weighted by Gasteiger charge is 2.55. The molecule has 2 saturated heterocycles. The maximum absolute atomic E-state index is 13.8. The van der Waals surface area contributed by atoms with Gasteiger partial charge in [-0.1, -0.05) is 68.0 Å². The smallest absolute Gasteiger partial charge is 0.232 e. The van der Waals surface area contributed by atoms with Gasteiger partial charge in [0.1, 0.15) is 5.75 Å². The van der Waals surface area contributed by atoms with Crippen molar-refractivity contribution in [2.75, 3.05) is 19.6 Å². The SMILES string of the molecule is Cc1ccc2c(c1)CN1C(=O)C(CCN3CCC4(C=Cc5ccccc54)CC3)(C(C)C)CC1O2. The highest BCUT2D eigenvalue weighted by molar-refractivity contribution is 5.86. The second kappa shape index (κ2) is 7.98. The van der Waals surface area contributed by atoms with Gasteiger partial charge < -0.3 is 14.5 Å². The molecule has 0 saturated carbocycles. The van der Waals surface area contributed by atoms with E-state index in [2.05, 4.69) is 80.3 Å². The van der Waals surface area contributed by atoms with Crippen LogP contribution in [0, 0.1) is 18.3 Å². The first-order chi connectivity index (χ1) is 16.4. The van der Waals surface area contributed by atoms with Crippen molar-refractivity contribution in [1.82, 2.24) is 9.80 Å². The molecule has 4 aliphatic rings. The number of piperidine rings is 1. The van der Waals surface area contributed by atoms with Gasteiger partial charge in [0.15, 0.2) is 6.23 Å². The van der Waals surface area contributed by atoms with E-state index >= 15 is 0 Å². The molecule has 2 unspecified atom stereocenters. The summed E-state index contributed by atoms with van der Waals surface area (Å²) in [6.07, 6.45) is 8.66. The van der Waals surface area contributed by atoms with Crippen molar-refractivity contribution < 1.29 is 9.53 Å². The molecule has 1 amide bonds. The number of aryl methyl sites for hydroxylation is 1. The third kappa shape index (κ3) is 3.33. The normalized spacial score (nSPS) is 27.1. The lowest BCUT2D eigenvalue weighted by Crippen LogP contribution is -2.45. The van der Waals surface area contributed by atoms with Crippen LogP contribution < -0.4 is 4.74 Å². The molecule has 2 atom stereocenters. The molecule has 0 N–H and O–H groups in total. The first kappa shape index (κ1) is 21.9. The van der Waals surface area contributed by atoms with E-state index in [1.807, 2.05) is 4.90 Å². The average Bonchev–Trinajstić information content (AvgIpc) is 3.33. The molecule has 4 nitrogen and oxygen atoms in total. The molecule has 3 heterocycles. The minimum absolute atomic E-state index is 0.130. The Morgan fingerprint density at radius 2 is 1.91 bits per heavy atom. The van der Waals surface area contributed by atoms with Gasteiger partial charge in [-0.25, -0.2) is 0 Å². The van der Waals surface area contributed by atoms with Gasteiger partial charge in [-0.3, -0.25) is 4.79 Å². The fourth-order valence-corrected chi connectivity index (χ4v) is 6.87. The molecule has 6 rings (SSSR count). The zero-order chi connectivity index (χ0) is 23.5. The largest absolute Gasteiger partial charge is 0.470 e. The van der Waals surface area contributed by atoms with Gasteiger partial charge >= 0.3 is 0 Å². The number of ether oxygens (including phenoxy) is 1. The van der Waals surface area contributed by atoms with Crippen molar-refractivity contribution in [1.29, 1.82) is 0 Å². The molecule has 0 radical (unpaired) electrons. The van der Waals surface area contributed by atoms with Gasteiger partial charge in [-0.15, -0.1) is 0 Å². The lowest BCUT2D eigenvalue weighted by atomic mass is 9.72. The number of benzene rings is 2. The fourth-order valence-electron chi connectivity index (χ4n) is 6.87. The second-order valence-corrected chi connectivity index (χ2v) is 11.3. The fraction of sp³-hybridized carbons (Fsp3) is 0.500. The summed E-state index contributed by atoms with van der Waals surface area (Å²) in [6.45, 7) is 10.4. The summed E-state index contributed by atoms with van der Waals surface area (Å²) in [5, 5.41) is 0. The third-order valence-electron chi connectivity index (χ3n) is 9.20. The van der Waals surface area contributed by atoms with Crippen LogP contribution in [0.15, 0.2) is 48.5 Å². The van der Waals surface area contributed by atoms with E-state index in [4.69, 9.17) is 4.74 Å². The summed E-state index contributed by atoms with van der Waals surface area (Å²) < 4.78 is 6.36. The third-order valence-corrected chi connectivity index (χ3v) is 9.20.